The van der Waals surface area contributed by atoms with Gasteiger partial charge in [0.25, 0.3) is 10.0 Å². The fourth-order valence-corrected chi connectivity index (χ4v) is 2.20. The average Bonchev–Trinajstić information content (AvgIpc) is 2.65. The van der Waals surface area contributed by atoms with E-state index in [0.717, 1.165) is 0 Å². The Kier molecular flexibility index (Phi) is 3.83. The molecule has 1 aromatic heterocycles. The predicted molar refractivity (Wildman–Crippen MR) is 54.8 cm³/mol. The van der Waals surface area contributed by atoms with Crippen LogP contribution in [0.25, 0.3) is 0 Å². The molecule has 3 N–H and O–H groups in total. The number of aromatic nitrogens is 2. The summed E-state index contributed by atoms with van der Waals surface area (Å²) in [6, 6.07) is -0.511. The summed E-state index contributed by atoms with van der Waals surface area (Å²) in [4.78, 5) is 6.59. The Morgan fingerprint density at radius 1 is 1.67 bits per heavy atom. The summed E-state index contributed by atoms with van der Waals surface area (Å²) in [5, 5.41) is 8.77. The summed E-state index contributed by atoms with van der Waals surface area (Å²) in [5.41, 5.74) is 0. The van der Waals surface area contributed by atoms with Crippen LogP contribution in [-0.4, -0.2) is 36.1 Å². The van der Waals surface area contributed by atoms with Crippen molar-refractivity contribution in [3.05, 3.63) is 12.0 Å². The van der Waals surface area contributed by atoms with Gasteiger partial charge in [0, 0.05) is 12.5 Å². The normalized spacial score (nSPS) is 14.1. The quantitative estimate of drug-likeness (QED) is 0.646. The summed E-state index contributed by atoms with van der Waals surface area (Å²) < 4.78 is 25.6. The van der Waals surface area contributed by atoms with E-state index < -0.39 is 16.1 Å². The van der Waals surface area contributed by atoms with Crippen LogP contribution in [0.5, 0.6) is 0 Å². The smallest absolute Gasteiger partial charge is 0.257 e. The molecule has 0 fully saturated rings. The molecule has 0 aliphatic carbocycles. The minimum atomic E-state index is -3.59. The van der Waals surface area contributed by atoms with Crippen LogP contribution in [0.2, 0.25) is 0 Å². The van der Waals surface area contributed by atoms with E-state index in [0.29, 0.717) is 12.2 Å². The third-order valence-electron chi connectivity index (χ3n) is 1.86. The Morgan fingerprint density at radius 2 is 2.33 bits per heavy atom. The highest BCUT2D eigenvalue weighted by molar-refractivity contribution is 7.89. The van der Waals surface area contributed by atoms with E-state index in [-0.39, 0.29) is 11.6 Å². The first kappa shape index (κ1) is 12.2. The molecule has 0 saturated carbocycles. The van der Waals surface area contributed by atoms with Gasteiger partial charge in [0.15, 0.2) is 5.03 Å². The van der Waals surface area contributed by atoms with Crippen molar-refractivity contribution in [1.82, 2.24) is 14.7 Å². The summed E-state index contributed by atoms with van der Waals surface area (Å²) >= 11 is 0. The molecule has 15 heavy (non-hydrogen) atoms. The number of hydrogen-bond donors (Lipinski definition) is 3. The zero-order chi connectivity index (χ0) is 11.5. The van der Waals surface area contributed by atoms with Crippen LogP contribution in [-0.2, 0) is 16.4 Å². The fraction of sp³-hybridized carbons (Fsp3) is 0.625. The van der Waals surface area contributed by atoms with Gasteiger partial charge in [-0.1, -0.05) is 6.92 Å². The zero-order valence-electron chi connectivity index (χ0n) is 8.69. The molecule has 0 radical (unpaired) electrons. The Balaban J connectivity index is 2.86. The second-order valence-electron chi connectivity index (χ2n) is 3.25. The Morgan fingerprint density at radius 3 is 2.80 bits per heavy atom. The second kappa shape index (κ2) is 4.73. The van der Waals surface area contributed by atoms with Crippen molar-refractivity contribution in [2.75, 3.05) is 6.61 Å². The van der Waals surface area contributed by atoms with Crippen molar-refractivity contribution >= 4 is 10.0 Å². The standard InChI is InChI=1S/C8H15N3O3S/c1-3-7-9-4-8(10-7)15(13,14)11-6(2)5-12/h4,6,11-12H,3,5H2,1-2H3,(H,9,10). The third kappa shape index (κ3) is 3.01. The SMILES string of the molecule is CCc1ncc(S(=O)(=O)NC(C)CO)[nH]1. The average molecular weight is 233 g/mol. The van der Waals surface area contributed by atoms with E-state index in [1.54, 1.807) is 6.92 Å². The van der Waals surface area contributed by atoms with Crippen LogP contribution >= 0.6 is 0 Å². The summed E-state index contributed by atoms with van der Waals surface area (Å²) in [7, 11) is -3.59. The van der Waals surface area contributed by atoms with E-state index >= 15 is 0 Å². The molecule has 6 nitrogen and oxygen atoms in total. The van der Waals surface area contributed by atoms with E-state index in [4.69, 9.17) is 5.11 Å². The number of rotatable bonds is 5. The molecule has 0 bridgehead atoms. The summed E-state index contributed by atoms with van der Waals surface area (Å²) in [6.45, 7) is 3.21. The van der Waals surface area contributed by atoms with Gasteiger partial charge in [-0.2, -0.15) is 0 Å². The van der Waals surface area contributed by atoms with Gasteiger partial charge in [0.05, 0.1) is 12.8 Å². The van der Waals surface area contributed by atoms with Crippen LogP contribution in [0, 0.1) is 0 Å². The van der Waals surface area contributed by atoms with Gasteiger partial charge in [-0.3, -0.25) is 0 Å². The molecular formula is C8H15N3O3S. The molecule has 0 aliphatic heterocycles. The van der Waals surface area contributed by atoms with Crippen LogP contribution < -0.4 is 4.72 Å². The monoisotopic (exact) mass is 233 g/mol. The topological polar surface area (TPSA) is 95.1 Å². The van der Waals surface area contributed by atoms with Gasteiger partial charge in [-0.05, 0) is 6.92 Å². The Hall–Kier alpha value is -0.920. The number of aliphatic hydroxyl groups excluding tert-OH is 1. The van der Waals surface area contributed by atoms with E-state index in [9.17, 15) is 8.42 Å². The fourth-order valence-electron chi connectivity index (χ4n) is 1.03. The largest absolute Gasteiger partial charge is 0.395 e. The second-order valence-corrected chi connectivity index (χ2v) is 4.94. The number of aryl methyl sites for hydroxylation is 1. The molecule has 1 aromatic rings. The molecule has 7 heteroatoms. The number of sulfonamides is 1. The van der Waals surface area contributed by atoms with Crippen molar-refractivity contribution in [3.8, 4) is 0 Å². The number of imidazole rings is 1. The van der Waals surface area contributed by atoms with Crippen molar-refractivity contribution in [2.24, 2.45) is 0 Å². The lowest BCUT2D eigenvalue weighted by Crippen LogP contribution is -2.35. The summed E-state index contributed by atoms with van der Waals surface area (Å²) in [6.07, 6.45) is 1.91. The number of aliphatic hydroxyl groups is 1. The first-order chi connectivity index (χ1) is 6.99. The van der Waals surface area contributed by atoms with Crippen molar-refractivity contribution in [3.63, 3.8) is 0 Å². The molecule has 0 saturated heterocycles. The molecular weight excluding hydrogens is 218 g/mol. The number of nitrogens with one attached hydrogen (secondary N) is 2. The lowest BCUT2D eigenvalue weighted by molar-refractivity contribution is 0.265. The van der Waals surface area contributed by atoms with Gasteiger partial charge < -0.3 is 10.1 Å². The Bertz CT molecular complexity index is 413. The van der Waals surface area contributed by atoms with Gasteiger partial charge in [0.2, 0.25) is 0 Å². The molecule has 0 amide bonds. The first-order valence-corrected chi connectivity index (χ1v) is 6.15. The minimum absolute atomic E-state index is 0.0275. The third-order valence-corrected chi connectivity index (χ3v) is 3.36. The molecule has 1 unspecified atom stereocenters. The Labute approximate surface area is 88.8 Å². The maximum Gasteiger partial charge on any atom is 0.257 e. The van der Waals surface area contributed by atoms with Crippen LogP contribution in [0.3, 0.4) is 0 Å². The molecule has 86 valence electrons. The maximum atomic E-state index is 11.6. The van der Waals surface area contributed by atoms with Crippen LogP contribution in [0.1, 0.15) is 19.7 Å². The molecule has 0 aliphatic rings. The highest BCUT2D eigenvalue weighted by Gasteiger charge is 2.18. The lowest BCUT2D eigenvalue weighted by atomic mass is 10.4. The number of nitrogens with zero attached hydrogens (tertiary/aromatic N) is 1. The molecule has 0 aromatic carbocycles. The lowest BCUT2D eigenvalue weighted by Gasteiger charge is -2.09. The number of aromatic amines is 1. The van der Waals surface area contributed by atoms with E-state index in [1.165, 1.54) is 6.20 Å². The maximum absolute atomic E-state index is 11.6. The van der Waals surface area contributed by atoms with E-state index in [1.807, 2.05) is 6.92 Å². The molecule has 0 spiro atoms. The summed E-state index contributed by atoms with van der Waals surface area (Å²) in [5.74, 6) is 0.618. The highest BCUT2D eigenvalue weighted by Crippen LogP contribution is 2.06. The minimum Gasteiger partial charge on any atom is -0.395 e. The number of H-pyrrole nitrogens is 1. The van der Waals surface area contributed by atoms with Gasteiger partial charge in [0.1, 0.15) is 5.82 Å². The zero-order valence-corrected chi connectivity index (χ0v) is 9.50. The van der Waals surface area contributed by atoms with Crippen molar-refractivity contribution < 1.29 is 13.5 Å². The van der Waals surface area contributed by atoms with Gasteiger partial charge in [-0.15, -0.1) is 0 Å². The molecule has 1 rings (SSSR count). The van der Waals surface area contributed by atoms with E-state index in [2.05, 4.69) is 14.7 Å². The van der Waals surface area contributed by atoms with Crippen LogP contribution in [0.15, 0.2) is 11.2 Å². The highest BCUT2D eigenvalue weighted by atomic mass is 32.2. The van der Waals surface area contributed by atoms with Crippen molar-refractivity contribution in [2.45, 2.75) is 31.3 Å². The van der Waals surface area contributed by atoms with Crippen molar-refractivity contribution in [1.29, 1.82) is 0 Å². The molecule has 1 atom stereocenters. The van der Waals surface area contributed by atoms with Gasteiger partial charge in [-0.25, -0.2) is 18.1 Å². The van der Waals surface area contributed by atoms with Crippen LogP contribution in [0.4, 0.5) is 0 Å². The predicted octanol–water partition coefficient (Wildman–Crippen LogP) is -0.369. The number of hydrogen-bond acceptors (Lipinski definition) is 4. The molecule has 1 heterocycles. The first-order valence-electron chi connectivity index (χ1n) is 4.66. The van der Waals surface area contributed by atoms with Gasteiger partial charge >= 0.3 is 0 Å².